The Kier molecular flexibility index (Phi) is 36.6. The van der Waals surface area contributed by atoms with Crippen LogP contribution >= 0.6 is 15.6 Å². The number of phosphoric acid groups is 2. The number of phosphoric ester groups is 2. The van der Waals surface area contributed by atoms with Crippen molar-refractivity contribution in [3.8, 4) is 0 Å². The molecule has 0 bridgehead atoms. The number of aliphatic hydroxyl groups is 3. The molecule has 0 aromatic carbocycles. The molecule has 1 aliphatic heterocycles. The molecule has 0 radical (unpaired) electrons. The molecule has 3 unspecified atom stereocenters. The van der Waals surface area contributed by atoms with E-state index >= 15 is 0 Å². The summed E-state index contributed by atoms with van der Waals surface area (Å²) < 4.78 is 56.7. The molecule has 19 nitrogen and oxygen atoms in total. The number of unbranched alkanes of at least 4 members (excludes halogenated alkanes) is 15. The van der Waals surface area contributed by atoms with Crippen molar-refractivity contribution >= 4 is 33.4 Å². The predicted molar refractivity (Wildman–Crippen MR) is 290 cm³/mol. The fraction of sp³-hybridized carbons (Fsp3) is 0.704. The van der Waals surface area contributed by atoms with Crippen molar-refractivity contribution in [2.24, 2.45) is 5.92 Å². The average molecular weight is 1100 g/mol. The van der Waals surface area contributed by atoms with Crippen molar-refractivity contribution in [2.45, 2.75) is 218 Å². The van der Waals surface area contributed by atoms with E-state index in [1.807, 2.05) is 18.2 Å². The summed E-state index contributed by atoms with van der Waals surface area (Å²) >= 11 is 0. The summed E-state index contributed by atoms with van der Waals surface area (Å²) in [7, 11) is -10.9. The molecule has 8 atom stereocenters. The number of aliphatic hydroxyl groups excluding tert-OH is 3. The zero-order valence-corrected chi connectivity index (χ0v) is 46.7. The fourth-order valence-electron chi connectivity index (χ4n) is 7.94. The second-order valence-corrected chi connectivity index (χ2v) is 22.4. The fourth-order valence-corrected chi connectivity index (χ4v) is 10.0. The molecule has 0 spiro atoms. The zero-order valence-electron chi connectivity index (χ0n) is 44.9. The van der Waals surface area contributed by atoms with Gasteiger partial charge in [0, 0.05) is 19.0 Å². The molecular weight excluding hydrogens is 1010 g/mol. The van der Waals surface area contributed by atoms with Crippen molar-refractivity contribution in [1.82, 2.24) is 9.55 Å². The largest absolute Gasteiger partial charge is 0.481 e. The third kappa shape index (κ3) is 34.0. The highest BCUT2D eigenvalue weighted by molar-refractivity contribution is 7.61. The van der Waals surface area contributed by atoms with Crippen LogP contribution in [-0.2, 0) is 46.3 Å². The second kappa shape index (κ2) is 40.6. The molecule has 0 aliphatic carbocycles. The summed E-state index contributed by atoms with van der Waals surface area (Å²) in [5.41, 5.74) is 4.58. The van der Waals surface area contributed by atoms with Gasteiger partial charge in [-0.15, -0.1) is 0 Å². The first-order chi connectivity index (χ1) is 35.9. The lowest BCUT2D eigenvalue weighted by Crippen LogP contribution is -2.36. The second-order valence-electron chi connectivity index (χ2n) is 19.4. The summed E-state index contributed by atoms with van der Waals surface area (Å²) in [6.07, 6.45) is 36.1. The number of rotatable bonds is 44. The van der Waals surface area contributed by atoms with Gasteiger partial charge in [-0.05, 0) is 56.9 Å². The van der Waals surface area contributed by atoms with E-state index < -0.39 is 89.8 Å². The van der Waals surface area contributed by atoms with Crippen LogP contribution in [0, 0.1) is 5.92 Å². The minimum absolute atomic E-state index is 0.0865. The smallest absolute Gasteiger partial charge is 0.462 e. The summed E-state index contributed by atoms with van der Waals surface area (Å²) in [4.78, 5) is 62.1. The van der Waals surface area contributed by atoms with Crippen molar-refractivity contribution in [2.75, 3.05) is 25.6 Å². The predicted octanol–water partition coefficient (Wildman–Crippen LogP) is 10.7. The van der Waals surface area contributed by atoms with Crippen LogP contribution < -0.4 is 11.4 Å². The first-order valence-corrected chi connectivity index (χ1v) is 30.3. The Labute approximate surface area is 445 Å². The molecule has 75 heavy (non-hydrogen) atoms. The van der Waals surface area contributed by atoms with Crippen LogP contribution in [0.15, 0.2) is 77.8 Å². The molecule has 0 amide bonds. The zero-order chi connectivity index (χ0) is 55.2. The number of nitrogens with two attached hydrogens (primary N) is 1. The number of carbonyl (C=O) groups excluding carboxylic acids is 2. The number of esters is 2. The Morgan fingerprint density at radius 2 is 1.25 bits per heavy atom. The molecule has 1 aliphatic rings. The molecule has 1 aromatic heterocycles. The first kappa shape index (κ1) is 67.5. The number of nitrogen functional groups attached to an aromatic ring is 1. The quantitative estimate of drug-likeness (QED) is 0.0116. The number of aromatic nitrogens is 2. The van der Waals surface area contributed by atoms with Gasteiger partial charge in [-0.1, -0.05) is 184 Å². The summed E-state index contributed by atoms with van der Waals surface area (Å²) in [5.74, 6) is -0.704. The van der Waals surface area contributed by atoms with Gasteiger partial charge in [0.2, 0.25) is 0 Å². The summed E-state index contributed by atoms with van der Waals surface area (Å²) in [5, 5.41) is 31.3. The minimum atomic E-state index is -5.48. The SMILES string of the molecule is CC/C=C\C/C=C\C/C=C\C/C=C\C=C\C(O)CCCC(=O)O[C@H](COC(=O)CCCCCCCCCCCCCCCCCCC(C)C)COP(=O)(O)OP(=O)(O)OC[C@H]1O[C@@H](n2ccc(N)nc2=O)[C@H](O)[C@@H]1O. The van der Waals surface area contributed by atoms with E-state index in [1.54, 1.807) is 12.2 Å². The van der Waals surface area contributed by atoms with E-state index in [0.29, 0.717) is 6.42 Å². The Bertz CT molecular complexity index is 2030. The molecule has 2 heterocycles. The number of nitrogens with zero attached hydrogens (tertiary/aromatic N) is 2. The highest BCUT2D eigenvalue weighted by Gasteiger charge is 2.46. The standard InChI is InChI=1S/C54H91N3O16P2/c1-4-5-6-7-8-9-10-15-19-22-25-28-31-35-45(58)36-33-38-50(60)71-46(41-68-49(59)37-32-29-26-23-20-17-14-12-11-13-16-18-21-24-27-30-34-44(2)3)42-69-74(64,65)73-75(66,67)70-43-47-51(61)52(62)53(72-47)57-40-39-48(55)56-54(57)63/h5-6,8-9,15,19,25,28,31,35,39-40,44-47,51-53,58,61-62H,4,7,10-14,16-18,20-24,26-27,29-30,32-34,36-38,41-43H2,1-3H3,(H,64,65)(H,66,67)(H2,55,56,63)/b6-5-,9-8-,19-15-,28-25-,35-31+/t45?,46-,47-,51-,52-,53-/m1/s1. The maximum atomic E-state index is 12.9. The van der Waals surface area contributed by atoms with Gasteiger partial charge in [-0.25, -0.2) is 13.9 Å². The molecule has 1 fully saturated rings. The molecule has 2 rings (SSSR count). The van der Waals surface area contributed by atoms with Crippen LogP contribution in [0.3, 0.4) is 0 Å². The van der Waals surface area contributed by atoms with Gasteiger partial charge in [0.25, 0.3) is 0 Å². The minimum Gasteiger partial charge on any atom is -0.462 e. The third-order valence-corrected chi connectivity index (χ3v) is 14.8. The molecule has 0 saturated carbocycles. The summed E-state index contributed by atoms with van der Waals surface area (Å²) in [6, 6.07) is 1.24. The highest BCUT2D eigenvalue weighted by Crippen LogP contribution is 2.60. The van der Waals surface area contributed by atoms with Gasteiger partial charge in [-0.2, -0.15) is 9.29 Å². The van der Waals surface area contributed by atoms with Crippen molar-refractivity contribution < 1.29 is 71.4 Å². The maximum absolute atomic E-state index is 12.9. The number of hydrogen-bond acceptors (Lipinski definition) is 16. The topological polar surface area (TPSA) is 286 Å². The van der Waals surface area contributed by atoms with Crippen LogP contribution in [0.25, 0.3) is 0 Å². The average Bonchev–Trinajstić information content (AvgIpc) is 3.63. The highest BCUT2D eigenvalue weighted by atomic mass is 31.3. The molecule has 1 saturated heterocycles. The van der Waals surface area contributed by atoms with Crippen LogP contribution in [-0.4, -0.2) is 96.9 Å². The van der Waals surface area contributed by atoms with Crippen molar-refractivity contribution in [1.29, 1.82) is 0 Å². The van der Waals surface area contributed by atoms with Crippen LogP contribution in [0.1, 0.15) is 188 Å². The number of anilines is 1. The van der Waals surface area contributed by atoms with E-state index in [0.717, 1.165) is 68.0 Å². The van der Waals surface area contributed by atoms with Crippen LogP contribution in [0.5, 0.6) is 0 Å². The normalized spacial score (nSPS) is 19.7. The van der Waals surface area contributed by atoms with Crippen LogP contribution in [0.2, 0.25) is 0 Å². The van der Waals surface area contributed by atoms with Gasteiger partial charge in [0.15, 0.2) is 12.3 Å². The van der Waals surface area contributed by atoms with Gasteiger partial charge in [0.05, 0.1) is 19.3 Å². The molecule has 428 valence electrons. The van der Waals surface area contributed by atoms with Gasteiger partial charge >= 0.3 is 33.3 Å². The van der Waals surface area contributed by atoms with E-state index in [1.165, 1.54) is 83.1 Å². The molecule has 7 N–H and O–H groups in total. The molecule has 21 heteroatoms. The van der Waals surface area contributed by atoms with E-state index in [2.05, 4.69) is 60.4 Å². The number of ether oxygens (including phenoxy) is 3. The van der Waals surface area contributed by atoms with Gasteiger partial charge < -0.3 is 45.1 Å². The van der Waals surface area contributed by atoms with E-state index in [9.17, 15) is 48.6 Å². The summed E-state index contributed by atoms with van der Waals surface area (Å²) in [6.45, 7) is 4.20. The number of allylic oxidation sites excluding steroid dienone is 9. The Balaban J connectivity index is 1.82. The van der Waals surface area contributed by atoms with Crippen LogP contribution in [0.4, 0.5) is 5.82 Å². The van der Waals surface area contributed by atoms with Gasteiger partial charge in [0.1, 0.15) is 30.7 Å². The number of hydrogen-bond donors (Lipinski definition) is 6. The number of carbonyl (C=O) groups is 2. The first-order valence-electron chi connectivity index (χ1n) is 27.3. The lowest BCUT2D eigenvalue weighted by atomic mass is 10.0. The Morgan fingerprint density at radius 3 is 1.83 bits per heavy atom. The van der Waals surface area contributed by atoms with Crippen molar-refractivity contribution in [3.63, 3.8) is 0 Å². The van der Waals surface area contributed by atoms with Crippen molar-refractivity contribution in [3.05, 3.63) is 83.5 Å². The van der Waals surface area contributed by atoms with Gasteiger partial charge in [-0.3, -0.25) is 23.2 Å². The maximum Gasteiger partial charge on any atom is 0.481 e. The Hall–Kier alpha value is -3.58. The monoisotopic (exact) mass is 1100 g/mol. The van der Waals surface area contributed by atoms with E-state index in [-0.39, 0.29) is 31.5 Å². The lowest BCUT2D eigenvalue weighted by Gasteiger charge is -2.21. The lowest BCUT2D eigenvalue weighted by molar-refractivity contribution is -0.161. The molecular formula is C54H91N3O16P2. The Morgan fingerprint density at radius 1 is 0.720 bits per heavy atom. The third-order valence-electron chi connectivity index (χ3n) is 12.1. The molecule has 1 aromatic rings. The van der Waals surface area contributed by atoms with E-state index in [4.69, 9.17) is 29.0 Å².